The quantitative estimate of drug-likeness (QED) is 0.743. The zero-order chi connectivity index (χ0) is 21.5. The van der Waals surface area contributed by atoms with E-state index in [1.54, 1.807) is 48.5 Å². The summed E-state index contributed by atoms with van der Waals surface area (Å²) in [5.41, 5.74) is 6.69. The Morgan fingerprint density at radius 2 is 1.43 bits per heavy atom. The van der Waals surface area contributed by atoms with E-state index in [9.17, 15) is 19.2 Å². The highest BCUT2D eigenvalue weighted by atomic mass is 16.2. The molecule has 2 N–H and O–H groups in total. The van der Waals surface area contributed by atoms with Crippen LogP contribution in [0.25, 0.3) is 0 Å². The number of benzene rings is 2. The molecule has 0 radical (unpaired) electrons. The highest BCUT2D eigenvalue weighted by molar-refractivity contribution is 6.07. The number of amides is 4. The predicted octanol–water partition coefficient (Wildman–Crippen LogP) is 1.29. The molecule has 0 aromatic heterocycles. The van der Waals surface area contributed by atoms with Gasteiger partial charge in [-0.3, -0.25) is 29.0 Å². The van der Waals surface area contributed by atoms with E-state index in [4.69, 9.17) is 5.73 Å². The Morgan fingerprint density at radius 3 is 1.90 bits per heavy atom. The zero-order valence-corrected chi connectivity index (χ0v) is 16.6. The summed E-state index contributed by atoms with van der Waals surface area (Å²) in [7, 11) is 0. The van der Waals surface area contributed by atoms with Gasteiger partial charge in [-0.2, -0.15) is 0 Å². The lowest BCUT2D eigenvalue weighted by Gasteiger charge is -2.28. The van der Waals surface area contributed by atoms with Crippen LogP contribution in [0.15, 0.2) is 60.7 Å². The summed E-state index contributed by atoms with van der Waals surface area (Å²) in [5.74, 6) is -1.88. The van der Waals surface area contributed by atoms with Crippen molar-refractivity contribution in [2.24, 2.45) is 5.73 Å². The molecule has 1 aliphatic rings. The van der Waals surface area contributed by atoms with Gasteiger partial charge in [-0.1, -0.05) is 36.4 Å². The van der Waals surface area contributed by atoms with Crippen molar-refractivity contribution in [2.75, 3.05) is 31.1 Å². The van der Waals surface area contributed by atoms with Crippen LogP contribution in [0, 0.1) is 0 Å². The number of carbonyl (C=O) groups excluding carboxylic acids is 4. The third-order valence-electron chi connectivity index (χ3n) is 4.85. The van der Waals surface area contributed by atoms with Crippen molar-refractivity contribution >= 4 is 35.0 Å². The van der Waals surface area contributed by atoms with Crippen LogP contribution in [0.4, 0.5) is 11.4 Å². The average molecular weight is 408 g/mol. The maximum absolute atomic E-state index is 13.2. The summed E-state index contributed by atoms with van der Waals surface area (Å²) in [6.07, 6.45) is 1.05. The lowest BCUT2D eigenvalue weighted by atomic mass is 10.2. The summed E-state index contributed by atoms with van der Waals surface area (Å²) in [6, 6.07) is 17.9. The van der Waals surface area contributed by atoms with Crippen LogP contribution < -0.4 is 10.6 Å². The molecule has 1 heterocycles. The van der Waals surface area contributed by atoms with Gasteiger partial charge in [0.2, 0.25) is 17.7 Å². The summed E-state index contributed by atoms with van der Waals surface area (Å²) >= 11 is 0. The third-order valence-corrected chi connectivity index (χ3v) is 4.85. The van der Waals surface area contributed by atoms with E-state index < -0.39 is 30.8 Å². The van der Waals surface area contributed by atoms with E-state index in [1.807, 2.05) is 12.1 Å². The van der Waals surface area contributed by atoms with Gasteiger partial charge >= 0.3 is 0 Å². The van der Waals surface area contributed by atoms with Crippen molar-refractivity contribution in [3.8, 4) is 0 Å². The molecule has 2 aromatic rings. The Morgan fingerprint density at radius 1 is 0.867 bits per heavy atom. The molecule has 0 spiro atoms. The van der Waals surface area contributed by atoms with E-state index >= 15 is 0 Å². The first-order valence-corrected chi connectivity index (χ1v) is 9.75. The number of anilines is 2. The minimum atomic E-state index is -0.666. The number of para-hydroxylation sites is 2. The van der Waals surface area contributed by atoms with Crippen molar-refractivity contribution in [1.82, 2.24) is 9.80 Å². The van der Waals surface area contributed by atoms with Gasteiger partial charge in [0.15, 0.2) is 0 Å². The fourth-order valence-corrected chi connectivity index (χ4v) is 3.34. The van der Waals surface area contributed by atoms with Crippen molar-refractivity contribution in [3.63, 3.8) is 0 Å². The van der Waals surface area contributed by atoms with Gasteiger partial charge in [0.25, 0.3) is 5.91 Å². The summed E-state index contributed by atoms with van der Waals surface area (Å²) in [4.78, 5) is 53.9. The van der Waals surface area contributed by atoms with E-state index in [0.717, 1.165) is 4.90 Å². The van der Waals surface area contributed by atoms with E-state index in [0.29, 0.717) is 30.8 Å². The molecule has 8 nitrogen and oxygen atoms in total. The molecule has 8 heteroatoms. The fraction of sp³-hybridized carbons (Fsp3) is 0.273. The number of nitrogens with two attached hydrogens (primary N) is 1. The van der Waals surface area contributed by atoms with Crippen LogP contribution in [0.3, 0.4) is 0 Å². The number of imide groups is 1. The molecule has 156 valence electrons. The average Bonchev–Trinajstić information content (AvgIpc) is 3.17. The first kappa shape index (κ1) is 21.2. The van der Waals surface area contributed by atoms with E-state index in [2.05, 4.69) is 0 Å². The molecule has 2 aromatic carbocycles. The molecule has 0 bridgehead atoms. The minimum absolute atomic E-state index is 0.134. The van der Waals surface area contributed by atoms with Crippen LogP contribution in [-0.4, -0.2) is 59.6 Å². The second kappa shape index (κ2) is 9.80. The van der Waals surface area contributed by atoms with Gasteiger partial charge in [0.05, 0.1) is 6.54 Å². The summed E-state index contributed by atoms with van der Waals surface area (Å²) in [5, 5.41) is 0. The molecule has 0 saturated carbocycles. The Hall–Kier alpha value is -3.52. The Labute approximate surface area is 174 Å². The lowest BCUT2D eigenvalue weighted by molar-refractivity contribution is -0.149. The number of hydrogen-bond acceptors (Lipinski definition) is 5. The Bertz CT molecular complexity index is 878. The molecule has 1 aliphatic heterocycles. The largest absolute Gasteiger partial charge is 0.333 e. The maximum atomic E-state index is 13.2. The number of carbonyl (C=O) groups is 4. The first-order chi connectivity index (χ1) is 14.5. The van der Waals surface area contributed by atoms with Crippen LogP contribution in [0.1, 0.15) is 12.8 Å². The molecule has 4 amide bonds. The normalized spacial score (nSPS) is 13.2. The standard InChI is InChI=1S/C22H24N4O4/c23-14-20(28)25(21(29)15-24-13-7-12-19(24)27)16-22(30)26(17-8-3-1-4-9-17)18-10-5-2-6-11-18/h1-6,8-11H,7,12-16,23H2. The molecule has 3 rings (SSSR count). The molecule has 1 fully saturated rings. The highest BCUT2D eigenvalue weighted by Crippen LogP contribution is 2.25. The second-order valence-corrected chi connectivity index (χ2v) is 6.90. The van der Waals surface area contributed by atoms with Crippen LogP contribution >= 0.6 is 0 Å². The smallest absolute Gasteiger partial charge is 0.251 e. The molecule has 1 saturated heterocycles. The van der Waals surface area contributed by atoms with Gasteiger partial charge in [-0.05, 0) is 30.7 Å². The third kappa shape index (κ3) is 4.90. The Kier molecular flexibility index (Phi) is 6.92. The predicted molar refractivity (Wildman–Crippen MR) is 112 cm³/mol. The van der Waals surface area contributed by atoms with Gasteiger partial charge < -0.3 is 10.6 Å². The van der Waals surface area contributed by atoms with Gasteiger partial charge in [-0.25, -0.2) is 0 Å². The number of nitrogens with zero attached hydrogens (tertiary/aromatic N) is 3. The lowest BCUT2D eigenvalue weighted by Crippen LogP contribution is -2.50. The van der Waals surface area contributed by atoms with E-state index in [-0.39, 0.29) is 12.5 Å². The van der Waals surface area contributed by atoms with Crippen molar-refractivity contribution in [1.29, 1.82) is 0 Å². The number of hydrogen-bond donors (Lipinski definition) is 1. The van der Waals surface area contributed by atoms with Crippen LogP contribution in [-0.2, 0) is 19.2 Å². The summed E-state index contributed by atoms with van der Waals surface area (Å²) < 4.78 is 0. The monoisotopic (exact) mass is 408 g/mol. The molecular weight excluding hydrogens is 384 g/mol. The van der Waals surface area contributed by atoms with Crippen molar-refractivity contribution in [3.05, 3.63) is 60.7 Å². The van der Waals surface area contributed by atoms with Crippen molar-refractivity contribution in [2.45, 2.75) is 12.8 Å². The highest BCUT2D eigenvalue weighted by Gasteiger charge is 2.30. The van der Waals surface area contributed by atoms with Gasteiger partial charge in [0.1, 0.15) is 13.1 Å². The topological polar surface area (TPSA) is 104 Å². The van der Waals surface area contributed by atoms with E-state index in [1.165, 1.54) is 9.80 Å². The molecular formula is C22H24N4O4. The van der Waals surface area contributed by atoms with Gasteiger partial charge in [0, 0.05) is 24.3 Å². The summed E-state index contributed by atoms with van der Waals surface area (Å²) in [6.45, 7) is -0.664. The Balaban J connectivity index is 1.84. The number of rotatable bonds is 7. The number of likely N-dealkylation sites (tertiary alicyclic amines) is 1. The molecule has 0 atom stereocenters. The zero-order valence-electron chi connectivity index (χ0n) is 16.6. The van der Waals surface area contributed by atoms with Crippen LogP contribution in [0.5, 0.6) is 0 Å². The molecule has 0 unspecified atom stereocenters. The van der Waals surface area contributed by atoms with Crippen LogP contribution in [0.2, 0.25) is 0 Å². The second-order valence-electron chi connectivity index (χ2n) is 6.90. The fourth-order valence-electron chi connectivity index (χ4n) is 3.34. The minimum Gasteiger partial charge on any atom is -0.333 e. The van der Waals surface area contributed by atoms with Crippen molar-refractivity contribution < 1.29 is 19.2 Å². The molecule has 0 aliphatic carbocycles. The SMILES string of the molecule is NCC(=O)N(CC(=O)N(c1ccccc1)c1ccccc1)C(=O)CN1CCCC1=O. The van der Waals surface area contributed by atoms with Gasteiger partial charge in [-0.15, -0.1) is 0 Å². The molecule has 30 heavy (non-hydrogen) atoms. The maximum Gasteiger partial charge on any atom is 0.251 e. The first-order valence-electron chi connectivity index (χ1n) is 9.75.